The smallest absolute Gasteiger partial charge is 0.329 e. The summed E-state index contributed by atoms with van der Waals surface area (Å²) in [6, 6.07) is 13.0. The summed E-state index contributed by atoms with van der Waals surface area (Å²) in [5.74, 6) is 0.0100. The number of imidazole rings is 1. The van der Waals surface area contributed by atoms with Gasteiger partial charge in [0.25, 0.3) is 0 Å². The zero-order chi connectivity index (χ0) is 31.8. The second-order valence-corrected chi connectivity index (χ2v) is 12.9. The molecule has 0 spiro atoms. The Kier molecular flexibility index (Phi) is 9.08. The number of amides is 1. The fourth-order valence-corrected chi connectivity index (χ4v) is 7.27. The van der Waals surface area contributed by atoms with Gasteiger partial charge in [0.15, 0.2) is 0 Å². The van der Waals surface area contributed by atoms with Crippen molar-refractivity contribution in [1.82, 2.24) is 23.9 Å². The highest BCUT2D eigenvalue weighted by Crippen LogP contribution is 2.33. The summed E-state index contributed by atoms with van der Waals surface area (Å²) in [5.41, 5.74) is 11.9. The number of carbonyl (C=O) groups excluding carboxylic acids is 1. The van der Waals surface area contributed by atoms with E-state index >= 15 is 0 Å². The molecule has 2 saturated heterocycles. The molecule has 6 rings (SSSR count). The molecule has 1 amide bonds. The number of carbonyl (C=O) groups is 1. The first-order valence-electron chi connectivity index (χ1n) is 15.4. The standard InChI is InChI=1S/C33H35Cl2FN7O2/c1-20(24-7-12-38-31(18-24)39-37)40-13-8-22(9-14-40)32(44)41-15-10-26(11-16-41)43-29-6-4-25(36)19-30(29)42(33(43)45)21(2)23-3-5-27(34)28(35)17-23/h3-7,12,17-22,26H,8-11,13-16H2,1-2H3/q-1. The molecule has 2 aliphatic heterocycles. The van der Waals surface area contributed by atoms with Gasteiger partial charge in [0, 0.05) is 37.3 Å². The molecule has 0 saturated carbocycles. The van der Waals surface area contributed by atoms with Gasteiger partial charge in [0.05, 0.1) is 27.1 Å². The van der Waals surface area contributed by atoms with Gasteiger partial charge in [-0.25, -0.2) is 14.2 Å². The van der Waals surface area contributed by atoms with Gasteiger partial charge in [0.2, 0.25) is 5.91 Å². The first-order chi connectivity index (χ1) is 21.7. The molecule has 9 nitrogen and oxygen atoms in total. The summed E-state index contributed by atoms with van der Waals surface area (Å²) >= 11 is 12.4. The van der Waals surface area contributed by atoms with E-state index in [0.717, 1.165) is 37.1 Å². The Labute approximate surface area is 271 Å². The van der Waals surface area contributed by atoms with Crippen LogP contribution in [0.25, 0.3) is 16.6 Å². The van der Waals surface area contributed by atoms with Crippen LogP contribution in [0.5, 0.6) is 0 Å². The monoisotopic (exact) mass is 650 g/mol. The number of hydrogen-bond acceptors (Lipinski definition) is 5. The molecule has 0 bridgehead atoms. The number of likely N-dealkylation sites (tertiary alicyclic amines) is 2. The molecule has 2 aliphatic rings. The van der Waals surface area contributed by atoms with E-state index < -0.39 is 11.9 Å². The van der Waals surface area contributed by atoms with Crippen molar-refractivity contribution in [2.75, 3.05) is 26.2 Å². The summed E-state index contributed by atoms with van der Waals surface area (Å²) in [4.78, 5) is 35.9. The van der Waals surface area contributed by atoms with Gasteiger partial charge >= 0.3 is 5.69 Å². The minimum atomic E-state index is -0.415. The number of benzene rings is 2. The van der Waals surface area contributed by atoms with Crippen LogP contribution in [-0.2, 0) is 4.79 Å². The molecule has 2 aromatic carbocycles. The van der Waals surface area contributed by atoms with Crippen molar-refractivity contribution in [2.24, 2.45) is 11.0 Å². The predicted molar refractivity (Wildman–Crippen MR) is 174 cm³/mol. The summed E-state index contributed by atoms with van der Waals surface area (Å²) in [5, 5.41) is 4.01. The SMILES string of the molecule is CC(c1ccnc(N=[N-])c1)N1CCC(C(=O)N2CCC(n3c(=O)n(C(C)c4ccc(Cl)c(Cl)c4)c4cc(F)ccc43)CC2)CC1. The predicted octanol–water partition coefficient (Wildman–Crippen LogP) is 7.54. The number of piperidine rings is 2. The molecule has 4 aromatic rings. The third-order valence-electron chi connectivity index (χ3n) is 9.60. The number of pyridine rings is 1. The van der Waals surface area contributed by atoms with Gasteiger partial charge in [-0.1, -0.05) is 29.3 Å². The normalized spacial score (nSPS) is 18.3. The minimum absolute atomic E-state index is 0.0369. The Bertz CT molecular complexity index is 1790. The number of fused-ring (bicyclic) bond motifs is 1. The van der Waals surface area contributed by atoms with Crippen LogP contribution in [-0.4, -0.2) is 56.0 Å². The zero-order valence-corrected chi connectivity index (χ0v) is 26.8. The van der Waals surface area contributed by atoms with Crippen LogP contribution in [0.1, 0.15) is 68.8 Å². The van der Waals surface area contributed by atoms with Gasteiger partial charge in [-0.3, -0.25) is 18.8 Å². The molecule has 2 aromatic heterocycles. The Morgan fingerprint density at radius 2 is 1.62 bits per heavy atom. The maximum Gasteiger partial charge on any atom is 0.329 e. The van der Waals surface area contributed by atoms with Crippen LogP contribution in [0.15, 0.2) is 64.6 Å². The molecule has 45 heavy (non-hydrogen) atoms. The summed E-state index contributed by atoms with van der Waals surface area (Å²) in [6.07, 6.45) is 4.47. The second kappa shape index (κ2) is 13.0. The second-order valence-electron chi connectivity index (χ2n) is 12.1. The largest absolute Gasteiger partial charge is 0.705 e. The van der Waals surface area contributed by atoms with Crippen molar-refractivity contribution in [2.45, 2.75) is 57.7 Å². The van der Waals surface area contributed by atoms with Gasteiger partial charge in [-0.05, 0) is 106 Å². The molecule has 2 unspecified atom stereocenters. The Balaban J connectivity index is 1.14. The van der Waals surface area contributed by atoms with E-state index in [0.29, 0.717) is 47.0 Å². The van der Waals surface area contributed by atoms with E-state index in [1.54, 1.807) is 39.6 Å². The Hall–Kier alpha value is -3.60. The highest BCUT2D eigenvalue weighted by molar-refractivity contribution is 6.42. The van der Waals surface area contributed by atoms with Crippen molar-refractivity contribution < 1.29 is 9.18 Å². The molecule has 0 N–H and O–H groups in total. The number of hydrogen-bond donors (Lipinski definition) is 0. The van der Waals surface area contributed by atoms with Crippen molar-refractivity contribution in [3.63, 3.8) is 0 Å². The summed E-state index contributed by atoms with van der Waals surface area (Å²) in [6.45, 7) is 6.72. The van der Waals surface area contributed by atoms with E-state index in [1.165, 1.54) is 12.1 Å². The van der Waals surface area contributed by atoms with Gasteiger partial charge < -0.3 is 15.5 Å². The maximum atomic E-state index is 14.5. The molecular weight excluding hydrogens is 616 g/mol. The topological polar surface area (TPSA) is 98.0 Å². The molecule has 0 aliphatic carbocycles. The molecule has 12 heteroatoms. The van der Waals surface area contributed by atoms with Crippen LogP contribution in [0.3, 0.4) is 0 Å². The lowest BCUT2D eigenvalue weighted by Crippen LogP contribution is -2.46. The minimum Gasteiger partial charge on any atom is -0.705 e. The van der Waals surface area contributed by atoms with Crippen molar-refractivity contribution in [1.29, 1.82) is 0 Å². The van der Waals surface area contributed by atoms with E-state index in [9.17, 15) is 14.0 Å². The maximum absolute atomic E-state index is 14.5. The van der Waals surface area contributed by atoms with Gasteiger partial charge in [-0.2, -0.15) is 0 Å². The Morgan fingerprint density at radius 3 is 2.31 bits per heavy atom. The van der Waals surface area contributed by atoms with Crippen LogP contribution >= 0.6 is 23.2 Å². The molecule has 2 atom stereocenters. The lowest BCUT2D eigenvalue weighted by molar-refractivity contribution is -0.138. The third-order valence-corrected chi connectivity index (χ3v) is 10.3. The number of nitrogens with zero attached hydrogens (tertiary/aromatic N) is 7. The first kappa shape index (κ1) is 31.4. The first-order valence-corrected chi connectivity index (χ1v) is 16.1. The Morgan fingerprint density at radius 1 is 0.911 bits per heavy atom. The van der Waals surface area contributed by atoms with Crippen molar-refractivity contribution >= 4 is 46.0 Å². The molecule has 4 heterocycles. The summed E-state index contributed by atoms with van der Waals surface area (Å²) < 4.78 is 17.9. The van der Waals surface area contributed by atoms with Crippen LogP contribution in [0.2, 0.25) is 10.0 Å². The molecule has 236 valence electrons. The number of rotatable bonds is 7. The molecular formula is C33H35Cl2FN7O2-. The van der Waals surface area contributed by atoms with Crippen LogP contribution in [0.4, 0.5) is 10.2 Å². The van der Waals surface area contributed by atoms with Crippen LogP contribution < -0.4 is 5.69 Å². The lowest BCUT2D eigenvalue weighted by atomic mass is 9.92. The molecule has 0 radical (unpaired) electrons. The molecule has 2 fully saturated rings. The van der Waals surface area contributed by atoms with Gasteiger partial charge in [-0.15, -0.1) is 0 Å². The lowest BCUT2D eigenvalue weighted by Gasteiger charge is -2.39. The van der Waals surface area contributed by atoms with E-state index in [-0.39, 0.29) is 35.4 Å². The number of halogens is 3. The zero-order valence-electron chi connectivity index (χ0n) is 25.2. The number of aromatic nitrogens is 3. The highest BCUT2D eigenvalue weighted by atomic mass is 35.5. The van der Waals surface area contributed by atoms with E-state index in [4.69, 9.17) is 28.7 Å². The van der Waals surface area contributed by atoms with Crippen molar-refractivity contribution in [3.8, 4) is 0 Å². The fraction of sp³-hybridized carbons (Fsp3) is 0.424. The summed E-state index contributed by atoms with van der Waals surface area (Å²) in [7, 11) is 0. The van der Waals surface area contributed by atoms with Crippen LogP contribution in [0, 0.1) is 11.7 Å². The average molecular weight is 652 g/mol. The average Bonchev–Trinajstić information content (AvgIpc) is 3.35. The van der Waals surface area contributed by atoms with Gasteiger partial charge in [0.1, 0.15) is 11.6 Å². The van der Waals surface area contributed by atoms with E-state index in [2.05, 4.69) is 21.9 Å². The van der Waals surface area contributed by atoms with E-state index in [1.807, 2.05) is 24.0 Å². The third kappa shape index (κ3) is 6.15. The highest BCUT2D eigenvalue weighted by Gasteiger charge is 2.34. The van der Waals surface area contributed by atoms with Crippen molar-refractivity contribution in [3.05, 3.63) is 97.7 Å². The fourth-order valence-electron chi connectivity index (χ4n) is 6.96. The quantitative estimate of drug-likeness (QED) is 0.193.